The predicted molar refractivity (Wildman–Crippen MR) is 153 cm³/mol. The summed E-state index contributed by atoms with van der Waals surface area (Å²) in [5, 5.41) is 6.84. The molecule has 2 aromatic heterocycles. The maximum absolute atomic E-state index is 13.7. The van der Waals surface area contributed by atoms with Gasteiger partial charge in [0, 0.05) is 57.3 Å². The van der Waals surface area contributed by atoms with Crippen LogP contribution in [-0.4, -0.2) is 74.8 Å². The van der Waals surface area contributed by atoms with Gasteiger partial charge < -0.3 is 20.5 Å². The average Bonchev–Trinajstić information content (AvgIpc) is 3.38. The molecule has 1 aliphatic heterocycles. The molecule has 202 valence electrons. The van der Waals surface area contributed by atoms with E-state index < -0.39 is 0 Å². The van der Waals surface area contributed by atoms with Gasteiger partial charge >= 0.3 is 0 Å². The lowest BCUT2D eigenvalue weighted by molar-refractivity contribution is -0.118. The lowest BCUT2D eigenvalue weighted by Crippen LogP contribution is -2.57. The third-order valence-electron chi connectivity index (χ3n) is 7.14. The Morgan fingerprint density at radius 2 is 1.62 bits per heavy atom. The lowest BCUT2D eigenvalue weighted by atomic mass is 10.1. The van der Waals surface area contributed by atoms with Gasteiger partial charge in [-0.15, -0.1) is 0 Å². The summed E-state index contributed by atoms with van der Waals surface area (Å²) in [4.78, 5) is 42.1. The first-order valence-electron chi connectivity index (χ1n) is 13.4. The Morgan fingerprint density at radius 1 is 0.949 bits per heavy atom. The predicted octanol–water partition coefficient (Wildman–Crippen LogP) is 3.91. The van der Waals surface area contributed by atoms with Crippen molar-refractivity contribution in [2.45, 2.75) is 39.4 Å². The summed E-state index contributed by atoms with van der Waals surface area (Å²) in [5.74, 6) is 1.05. The Kier molecular flexibility index (Phi) is 7.88. The molecule has 5 rings (SSSR count). The second-order valence-electron chi connectivity index (χ2n) is 10.2. The molecule has 39 heavy (non-hydrogen) atoms. The van der Waals surface area contributed by atoms with Crippen molar-refractivity contribution in [3.63, 3.8) is 0 Å². The molecule has 9 nitrogen and oxygen atoms in total. The summed E-state index contributed by atoms with van der Waals surface area (Å²) >= 11 is 0. The summed E-state index contributed by atoms with van der Waals surface area (Å²) in [5.41, 5.74) is 3.24. The van der Waals surface area contributed by atoms with Crippen molar-refractivity contribution in [1.29, 1.82) is 0 Å². The van der Waals surface area contributed by atoms with Crippen molar-refractivity contribution >= 4 is 28.7 Å². The summed E-state index contributed by atoms with van der Waals surface area (Å²) in [6, 6.07) is 22.5. The highest BCUT2D eigenvalue weighted by molar-refractivity contribution is 6.00. The molecule has 0 unspecified atom stereocenters. The highest BCUT2D eigenvalue weighted by Crippen LogP contribution is 2.27. The zero-order valence-corrected chi connectivity index (χ0v) is 22.6. The number of aromatic amines is 1. The number of H-pyrrole nitrogens is 1. The first-order valence-corrected chi connectivity index (χ1v) is 13.4. The number of hydrogen-bond acceptors (Lipinski definition) is 6. The Balaban J connectivity index is 1.38. The summed E-state index contributed by atoms with van der Waals surface area (Å²) < 4.78 is 0. The van der Waals surface area contributed by atoms with E-state index in [9.17, 15) is 9.59 Å². The van der Waals surface area contributed by atoms with Gasteiger partial charge in [-0.1, -0.05) is 60.7 Å². The van der Waals surface area contributed by atoms with Crippen LogP contribution >= 0.6 is 0 Å². The number of aromatic nitrogens is 3. The number of benzene rings is 2. The number of anilines is 1. The lowest BCUT2D eigenvalue weighted by Gasteiger charge is -2.44. The molecular formula is C30H35N7O2. The maximum Gasteiger partial charge on any atom is 0.270 e. The van der Waals surface area contributed by atoms with Crippen LogP contribution in [0, 0.1) is 0 Å². The number of carbonyl (C=O) groups excluding carboxylic acids is 2. The maximum atomic E-state index is 13.7. The van der Waals surface area contributed by atoms with Crippen LogP contribution in [0.4, 0.5) is 5.82 Å². The largest absolute Gasteiger partial charge is 0.368 e. The van der Waals surface area contributed by atoms with Gasteiger partial charge in [0.2, 0.25) is 5.91 Å². The molecule has 4 aromatic rings. The third-order valence-corrected chi connectivity index (χ3v) is 7.14. The summed E-state index contributed by atoms with van der Waals surface area (Å²) in [6.45, 7) is 8.96. The van der Waals surface area contributed by atoms with Gasteiger partial charge in [0.05, 0.1) is 5.39 Å². The molecule has 3 heterocycles. The van der Waals surface area contributed by atoms with Gasteiger partial charge in [-0.05, 0) is 25.5 Å². The van der Waals surface area contributed by atoms with E-state index in [1.807, 2.05) is 47.4 Å². The standard InChI is InChI=1S/C30H35N7O2/c1-20-17-36(18-21(2)37(20)19-23-10-6-4-7-11-23)30(39)26-16-25-28(32-15-14-31-22(3)38)34-27(35-29(25)33-26)24-12-8-5-9-13-24/h4-13,16,20-21H,14-15,17-19H2,1-3H3,(H,31,38)(H2,32,33,34,35)/t20-,21+. The molecule has 3 N–H and O–H groups in total. The Morgan fingerprint density at radius 3 is 2.28 bits per heavy atom. The number of carbonyl (C=O) groups is 2. The molecule has 0 aliphatic carbocycles. The molecule has 1 aliphatic rings. The Bertz CT molecular complexity index is 1430. The van der Waals surface area contributed by atoms with Crippen LogP contribution in [0.5, 0.6) is 0 Å². The number of rotatable bonds is 8. The molecule has 0 saturated carbocycles. The fourth-order valence-electron chi connectivity index (χ4n) is 5.19. The van der Waals surface area contributed by atoms with Crippen molar-refractivity contribution in [2.75, 3.05) is 31.5 Å². The van der Waals surface area contributed by atoms with Gasteiger partial charge in [-0.2, -0.15) is 0 Å². The van der Waals surface area contributed by atoms with Gasteiger partial charge in [0.15, 0.2) is 5.82 Å². The molecule has 1 fully saturated rings. The van der Waals surface area contributed by atoms with E-state index in [-0.39, 0.29) is 23.9 Å². The van der Waals surface area contributed by atoms with Crippen LogP contribution in [0.15, 0.2) is 66.7 Å². The van der Waals surface area contributed by atoms with Crippen LogP contribution in [0.25, 0.3) is 22.4 Å². The van der Waals surface area contributed by atoms with Crippen molar-refractivity contribution < 1.29 is 9.59 Å². The van der Waals surface area contributed by atoms with Crippen LogP contribution in [0.3, 0.4) is 0 Å². The number of nitrogens with one attached hydrogen (secondary N) is 3. The first-order chi connectivity index (χ1) is 18.9. The monoisotopic (exact) mass is 525 g/mol. The third kappa shape index (κ3) is 6.09. The molecule has 9 heteroatoms. The van der Waals surface area contributed by atoms with Gasteiger partial charge in [0.25, 0.3) is 5.91 Å². The normalized spacial score (nSPS) is 17.8. The molecule has 0 spiro atoms. The number of fused-ring (bicyclic) bond motifs is 1. The second kappa shape index (κ2) is 11.7. The molecule has 2 atom stereocenters. The van der Waals surface area contributed by atoms with Gasteiger partial charge in [0.1, 0.15) is 17.2 Å². The van der Waals surface area contributed by atoms with Crippen molar-refractivity contribution in [1.82, 2.24) is 30.1 Å². The number of piperazine rings is 1. The van der Waals surface area contributed by atoms with Crippen LogP contribution in [0.1, 0.15) is 36.8 Å². The minimum absolute atomic E-state index is 0.0449. The minimum atomic E-state index is -0.0866. The molecule has 2 amide bonds. The van der Waals surface area contributed by atoms with Crippen LogP contribution < -0.4 is 10.6 Å². The van der Waals surface area contributed by atoms with Crippen LogP contribution in [-0.2, 0) is 11.3 Å². The van der Waals surface area contributed by atoms with E-state index >= 15 is 0 Å². The fourth-order valence-corrected chi connectivity index (χ4v) is 5.19. The molecule has 0 radical (unpaired) electrons. The van der Waals surface area contributed by atoms with Gasteiger partial charge in [-0.3, -0.25) is 14.5 Å². The highest BCUT2D eigenvalue weighted by Gasteiger charge is 2.33. The van der Waals surface area contributed by atoms with Crippen molar-refractivity contribution in [2.24, 2.45) is 0 Å². The topological polar surface area (TPSA) is 106 Å². The first kappa shape index (κ1) is 26.4. The van der Waals surface area contributed by atoms with Crippen molar-refractivity contribution in [3.05, 3.63) is 78.0 Å². The minimum Gasteiger partial charge on any atom is -0.368 e. The quantitative estimate of drug-likeness (QED) is 0.301. The van der Waals surface area contributed by atoms with E-state index in [1.54, 1.807) is 0 Å². The molecule has 1 saturated heterocycles. The SMILES string of the molecule is CC(=O)NCCNc1nc(-c2ccccc2)nc2[nH]c(C(=O)N3C[C@@H](C)N(Cc4ccccc4)[C@@H](C)C3)cc12. The number of amides is 2. The van der Waals surface area contributed by atoms with E-state index in [0.717, 1.165) is 17.5 Å². The Labute approximate surface area is 228 Å². The molecular weight excluding hydrogens is 490 g/mol. The van der Waals surface area contributed by atoms with E-state index in [2.05, 4.69) is 58.6 Å². The zero-order valence-electron chi connectivity index (χ0n) is 22.6. The molecule has 0 bridgehead atoms. The smallest absolute Gasteiger partial charge is 0.270 e. The second-order valence-corrected chi connectivity index (χ2v) is 10.2. The van der Waals surface area contributed by atoms with E-state index in [4.69, 9.17) is 9.97 Å². The highest BCUT2D eigenvalue weighted by atomic mass is 16.2. The summed E-state index contributed by atoms with van der Waals surface area (Å²) in [6.07, 6.45) is 0. The van der Waals surface area contributed by atoms with Gasteiger partial charge in [-0.25, -0.2) is 9.97 Å². The Hall–Kier alpha value is -4.24. The van der Waals surface area contributed by atoms with Crippen LogP contribution in [0.2, 0.25) is 0 Å². The molecule has 2 aromatic carbocycles. The average molecular weight is 526 g/mol. The van der Waals surface area contributed by atoms with E-state index in [1.165, 1.54) is 12.5 Å². The van der Waals surface area contributed by atoms with Crippen molar-refractivity contribution in [3.8, 4) is 11.4 Å². The van der Waals surface area contributed by atoms with E-state index in [0.29, 0.717) is 49.2 Å². The zero-order chi connectivity index (χ0) is 27.4. The fraction of sp³-hybridized carbons (Fsp3) is 0.333. The number of hydrogen-bond donors (Lipinski definition) is 3. The number of nitrogens with zero attached hydrogens (tertiary/aromatic N) is 4. The summed E-state index contributed by atoms with van der Waals surface area (Å²) in [7, 11) is 0.